The van der Waals surface area contributed by atoms with Gasteiger partial charge in [0.2, 0.25) is 5.91 Å². The highest BCUT2D eigenvalue weighted by atomic mass is 16.1. The quantitative estimate of drug-likeness (QED) is 0.841. The van der Waals surface area contributed by atoms with Crippen molar-refractivity contribution in [3.05, 3.63) is 29.6 Å². The van der Waals surface area contributed by atoms with E-state index in [1.807, 2.05) is 18.2 Å². The maximum atomic E-state index is 11.5. The van der Waals surface area contributed by atoms with Crippen molar-refractivity contribution in [2.24, 2.45) is 11.7 Å². The average molecular weight is 327 g/mol. The summed E-state index contributed by atoms with van der Waals surface area (Å²) in [5, 5.41) is 0. The number of fused-ring (bicyclic) bond motifs is 1. The molecule has 4 nitrogen and oxygen atoms in total. The number of primary amides is 1. The van der Waals surface area contributed by atoms with Crippen LogP contribution in [-0.2, 0) is 6.42 Å². The standard InChI is InChI=1S/C20H29N3O/c1-3-16(4-2)23-18-11-10-15(20(21)24)13-17(18)22-19(23)12-14-8-6-5-7-9-14/h10-11,13-14,16H,3-9,12H2,1-2H3,(H2,21,24). The number of carbonyl (C=O) groups excluding carboxylic acids is 1. The van der Waals surface area contributed by atoms with Crippen LogP contribution >= 0.6 is 0 Å². The Bertz CT molecular complexity index is 709. The zero-order valence-electron chi connectivity index (χ0n) is 14.9. The highest BCUT2D eigenvalue weighted by Crippen LogP contribution is 2.31. The summed E-state index contributed by atoms with van der Waals surface area (Å²) >= 11 is 0. The summed E-state index contributed by atoms with van der Waals surface area (Å²) in [5.41, 5.74) is 8.03. The van der Waals surface area contributed by atoms with Gasteiger partial charge in [-0.15, -0.1) is 0 Å². The van der Waals surface area contributed by atoms with Crippen LogP contribution in [0.1, 0.15) is 81.0 Å². The summed E-state index contributed by atoms with van der Waals surface area (Å²) in [6, 6.07) is 6.16. The zero-order valence-corrected chi connectivity index (χ0v) is 14.9. The summed E-state index contributed by atoms with van der Waals surface area (Å²) in [5.74, 6) is 1.55. The van der Waals surface area contributed by atoms with E-state index >= 15 is 0 Å². The molecule has 4 heteroatoms. The molecule has 1 heterocycles. The summed E-state index contributed by atoms with van der Waals surface area (Å²) in [7, 11) is 0. The van der Waals surface area contributed by atoms with Crippen LogP contribution in [0, 0.1) is 5.92 Å². The lowest BCUT2D eigenvalue weighted by Crippen LogP contribution is -2.16. The molecule has 0 aliphatic heterocycles. The molecule has 0 radical (unpaired) electrons. The van der Waals surface area contributed by atoms with Gasteiger partial charge in [-0.05, 0) is 37.0 Å². The molecule has 0 saturated heterocycles. The van der Waals surface area contributed by atoms with Gasteiger partial charge in [0, 0.05) is 18.0 Å². The first-order chi connectivity index (χ1) is 11.6. The maximum absolute atomic E-state index is 11.5. The Hall–Kier alpha value is -1.84. The third-order valence-corrected chi connectivity index (χ3v) is 5.55. The summed E-state index contributed by atoms with van der Waals surface area (Å²) in [6.07, 6.45) is 9.95. The first-order valence-electron chi connectivity index (χ1n) is 9.44. The molecule has 2 aromatic rings. The minimum Gasteiger partial charge on any atom is -0.366 e. The lowest BCUT2D eigenvalue weighted by molar-refractivity contribution is 0.100. The van der Waals surface area contributed by atoms with Crippen molar-refractivity contribution >= 4 is 16.9 Å². The Labute approximate surface area is 144 Å². The van der Waals surface area contributed by atoms with Gasteiger partial charge < -0.3 is 10.3 Å². The van der Waals surface area contributed by atoms with E-state index in [-0.39, 0.29) is 5.91 Å². The van der Waals surface area contributed by atoms with E-state index < -0.39 is 0 Å². The largest absolute Gasteiger partial charge is 0.366 e. The summed E-state index contributed by atoms with van der Waals surface area (Å²) < 4.78 is 2.43. The molecule has 2 N–H and O–H groups in total. The smallest absolute Gasteiger partial charge is 0.248 e. The lowest BCUT2D eigenvalue weighted by atomic mass is 9.87. The number of aromatic nitrogens is 2. The summed E-state index contributed by atoms with van der Waals surface area (Å²) in [6.45, 7) is 4.48. The predicted octanol–water partition coefficient (Wildman–Crippen LogP) is 4.62. The third kappa shape index (κ3) is 3.33. The van der Waals surface area contributed by atoms with Crippen LogP contribution in [0.4, 0.5) is 0 Å². The molecule has 0 spiro atoms. The van der Waals surface area contributed by atoms with E-state index in [4.69, 9.17) is 10.7 Å². The molecule has 130 valence electrons. The van der Waals surface area contributed by atoms with Crippen LogP contribution in [-0.4, -0.2) is 15.5 Å². The van der Waals surface area contributed by atoms with Crippen molar-refractivity contribution in [1.82, 2.24) is 9.55 Å². The average Bonchev–Trinajstić information content (AvgIpc) is 2.94. The fourth-order valence-electron chi connectivity index (χ4n) is 4.16. The molecular weight excluding hydrogens is 298 g/mol. The minimum atomic E-state index is -0.386. The van der Waals surface area contributed by atoms with Gasteiger partial charge in [0.25, 0.3) is 0 Å². The highest BCUT2D eigenvalue weighted by Gasteiger charge is 2.22. The topological polar surface area (TPSA) is 60.9 Å². The molecular formula is C20H29N3O. The molecule has 1 fully saturated rings. The first-order valence-corrected chi connectivity index (χ1v) is 9.44. The third-order valence-electron chi connectivity index (χ3n) is 5.55. The highest BCUT2D eigenvalue weighted by molar-refractivity contribution is 5.96. The van der Waals surface area contributed by atoms with Gasteiger partial charge in [0.15, 0.2) is 0 Å². The molecule has 0 unspecified atom stereocenters. The van der Waals surface area contributed by atoms with E-state index in [9.17, 15) is 4.79 Å². The molecule has 1 aromatic heterocycles. The second kappa shape index (κ2) is 7.37. The van der Waals surface area contributed by atoms with E-state index in [0.717, 1.165) is 36.2 Å². The van der Waals surface area contributed by atoms with Crippen molar-refractivity contribution in [3.63, 3.8) is 0 Å². The normalized spacial score (nSPS) is 16.1. The number of carbonyl (C=O) groups is 1. The first kappa shape index (κ1) is 17.0. The number of nitrogens with zero attached hydrogens (tertiary/aromatic N) is 2. The van der Waals surface area contributed by atoms with Crippen LogP contribution in [0.25, 0.3) is 11.0 Å². The number of imidazole rings is 1. The Balaban J connectivity index is 2.03. The Morgan fingerprint density at radius 1 is 1.25 bits per heavy atom. The second-order valence-corrected chi connectivity index (χ2v) is 7.14. The monoisotopic (exact) mass is 327 g/mol. The van der Waals surface area contributed by atoms with Gasteiger partial charge >= 0.3 is 0 Å². The van der Waals surface area contributed by atoms with E-state index in [2.05, 4.69) is 18.4 Å². The fourth-order valence-corrected chi connectivity index (χ4v) is 4.16. The number of rotatable bonds is 6. The van der Waals surface area contributed by atoms with Gasteiger partial charge in [-0.25, -0.2) is 4.98 Å². The maximum Gasteiger partial charge on any atom is 0.248 e. The van der Waals surface area contributed by atoms with Crippen molar-refractivity contribution in [2.45, 2.75) is 71.3 Å². The number of hydrogen-bond acceptors (Lipinski definition) is 2. The molecule has 1 saturated carbocycles. The molecule has 0 atom stereocenters. The van der Waals surface area contributed by atoms with Crippen molar-refractivity contribution in [3.8, 4) is 0 Å². The van der Waals surface area contributed by atoms with E-state index in [1.165, 1.54) is 37.9 Å². The van der Waals surface area contributed by atoms with Crippen LogP contribution in [0.2, 0.25) is 0 Å². The van der Waals surface area contributed by atoms with Crippen LogP contribution in [0.5, 0.6) is 0 Å². The Kier molecular flexibility index (Phi) is 5.22. The van der Waals surface area contributed by atoms with Gasteiger partial charge in [0.05, 0.1) is 11.0 Å². The van der Waals surface area contributed by atoms with Crippen LogP contribution < -0.4 is 5.73 Å². The number of hydrogen-bond donors (Lipinski definition) is 1. The van der Waals surface area contributed by atoms with Crippen molar-refractivity contribution in [2.75, 3.05) is 0 Å². The predicted molar refractivity (Wildman–Crippen MR) is 98.1 cm³/mol. The van der Waals surface area contributed by atoms with Gasteiger partial charge in [-0.2, -0.15) is 0 Å². The van der Waals surface area contributed by atoms with Crippen LogP contribution in [0.3, 0.4) is 0 Å². The Morgan fingerprint density at radius 3 is 2.58 bits per heavy atom. The summed E-state index contributed by atoms with van der Waals surface area (Å²) in [4.78, 5) is 16.4. The van der Waals surface area contributed by atoms with E-state index in [0.29, 0.717) is 11.6 Å². The fraction of sp³-hybridized carbons (Fsp3) is 0.600. The molecule has 1 amide bonds. The number of nitrogens with two attached hydrogens (primary N) is 1. The number of amides is 1. The van der Waals surface area contributed by atoms with Gasteiger partial charge in [0.1, 0.15) is 5.82 Å². The molecule has 0 bridgehead atoms. The second-order valence-electron chi connectivity index (χ2n) is 7.14. The van der Waals surface area contributed by atoms with Crippen LogP contribution in [0.15, 0.2) is 18.2 Å². The SMILES string of the molecule is CCC(CC)n1c(CC2CCCCC2)nc2cc(C(N)=O)ccc21. The zero-order chi connectivity index (χ0) is 17.1. The number of benzene rings is 1. The molecule has 1 aliphatic carbocycles. The minimum absolute atomic E-state index is 0.386. The molecule has 1 aromatic carbocycles. The van der Waals surface area contributed by atoms with Crippen molar-refractivity contribution < 1.29 is 4.79 Å². The van der Waals surface area contributed by atoms with Gasteiger partial charge in [-0.1, -0.05) is 46.0 Å². The molecule has 24 heavy (non-hydrogen) atoms. The van der Waals surface area contributed by atoms with Crippen molar-refractivity contribution in [1.29, 1.82) is 0 Å². The molecule has 3 rings (SSSR count). The van der Waals surface area contributed by atoms with E-state index in [1.54, 1.807) is 0 Å². The lowest BCUT2D eigenvalue weighted by Gasteiger charge is -2.24. The van der Waals surface area contributed by atoms with Gasteiger partial charge in [-0.3, -0.25) is 4.79 Å². The Morgan fingerprint density at radius 2 is 1.96 bits per heavy atom. The molecule has 1 aliphatic rings.